The van der Waals surface area contributed by atoms with E-state index < -0.39 is 27.9 Å². The predicted octanol–water partition coefficient (Wildman–Crippen LogP) is 2.92. The van der Waals surface area contributed by atoms with Gasteiger partial charge in [0.2, 0.25) is 11.8 Å². The summed E-state index contributed by atoms with van der Waals surface area (Å²) in [6.07, 6.45) is -4.84. The number of carbonyl (C=O) groups is 2. The smallest absolute Gasteiger partial charge is 0.383 e. The Kier molecular flexibility index (Phi) is 6.90. The third-order valence-corrected chi connectivity index (χ3v) is 4.70. The number of thioether (sulfide) groups is 1. The molecule has 1 heterocycles. The van der Waals surface area contributed by atoms with E-state index in [1.807, 2.05) is 0 Å². The molecule has 1 aromatic rings. The molecular weight excluding hydrogens is 395 g/mol. The maximum Gasteiger partial charge on any atom is 0.417 e. The van der Waals surface area contributed by atoms with E-state index in [4.69, 9.17) is 16.3 Å². The lowest BCUT2D eigenvalue weighted by Crippen LogP contribution is -2.28. The Bertz CT molecular complexity index is 728. The Balaban J connectivity index is 1.97. The van der Waals surface area contributed by atoms with Crippen molar-refractivity contribution in [2.45, 2.75) is 17.8 Å². The van der Waals surface area contributed by atoms with Crippen LogP contribution in [0, 0.1) is 0 Å². The summed E-state index contributed by atoms with van der Waals surface area (Å²) in [6, 6.07) is 3.06. The monoisotopic (exact) mass is 409 g/mol. The maximum absolute atomic E-state index is 12.8. The molecule has 1 aliphatic rings. The lowest BCUT2D eigenvalue weighted by atomic mass is 10.2. The number of nitrogens with one attached hydrogen (secondary N) is 2. The number of carbonyl (C=O) groups excluding carboxylic acids is 2. The zero-order valence-electron chi connectivity index (χ0n) is 13.5. The molecule has 1 atom stereocenters. The molecule has 0 aromatic heterocycles. The fourth-order valence-corrected chi connectivity index (χ4v) is 3.27. The first-order valence-electron chi connectivity index (χ1n) is 7.38. The Morgan fingerprint density at radius 3 is 2.85 bits per heavy atom. The maximum atomic E-state index is 12.8. The van der Waals surface area contributed by atoms with Crippen LogP contribution in [0.1, 0.15) is 12.0 Å². The van der Waals surface area contributed by atoms with Gasteiger partial charge in [-0.3, -0.25) is 14.6 Å². The molecule has 2 amide bonds. The number of hydrogen-bond donors (Lipinski definition) is 2. The van der Waals surface area contributed by atoms with Crippen LogP contribution >= 0.6 is 23.4 Å². The minimum atomic E-state index is -4.63. The average Bonchev–Trinajstić information content (AvgIpc) is 2.88. The van der Waals surface area contributed by atoms with Gasteiger partial charge in [-0.25, -0.2) is 0 Å². The van der Waals surface area contributed by atoms with Crippen molar-refractivity contribution in [2.24, 2.45) is 4.99 Å². The van der Waals surface area contributed by atoms with Gasteiger partial charge in [0.15, 0.2) is 5.17 Å². The first-order chi connectivity index (χ1) is 12.2. The van der Waals surface area contributed by atoms with Crippen molar-refractivity contribution in [3.63, 3.8) is 0 Å². The number of ether oxygens (including phenoxy) is 1. The topological polar surface area (TPSA) is 79.8 Å². The van der Waals surface area contributed by atoms with Crippen molar-refractivity contribution in [2.75, 3.05) is 25.6 Å². The van der Waals surface area contributed by atoms with Gasteiger partial charge in [-0.1, -0.05) is 23.4 Å². The van der Waals surface area contributed by atoms with Crippen LogP contribution in [-0.4, -0.2) is 42.5 Å². The van der Waals surface area contributed by atoms with Crippen LogP contribution in [0.15, 0.2) is 23.2 Å². The number of anilines is 1. The van der Waals surface area contributed by atoms with Crippen molar-refractivity contribution in [1.29, 1.82) is 0 Å². The number of aliphatic imine (C=N–C) groups is 1. The van der Waals surface area contributed by atoms with E-state index in [0.717, 1.165) is 23.9 Å². The number of rotatable bonds is 6. The summed E-state index contributed by atoms with van der Waals surface area (Å²) in [5.41, 5.74) is -1.10. The van der Waals surface area contributed by atoms with Gasteiger partial charge >= 0.3 is 6.18 Å². The number of nitrogens with zero attached hydrogens (tertiary/aromatic N) is 1. The molecule has 2 N–H and O–H groups in total. The minimum Gasteiger partial charge on any atom is -0.383 e. The summed E-state index contributed by atoms with van der Waals surface area (Å²) >= 11 is 6.62. The highest BCUT2D eigenvalue weighted by Crippen LogP contribution is 2.36. The highest BCUT2D eigenvalue weighted by atomic mass is 35.5. The van der Waals surface area contributed by atoms with Crippen molar-refractivity contribution in [1.82, 2.24) is 5.32 Å². The zero-order valence-corrected chi connectivity index (χ0v) is 15.1. The molecule has 142 valence electrons. The summed E-state index contributed by atoms with van der Waals surface area (Å²) in [4.78, 5) is 28.0. The van der Waals surface area contributed by atoms with E-state index in [1.165, 1.54) is 13.2 Å². The summed E-state index contributed by atoms with van der Waals surface area (Å²) in [7, 11) is 1.52. The fraction of sp³-hybridized carbons (Fsp3) is 0.400. The number of amidine groups is 1. The van der Waals surface area contributed by atoms with Crippen LogP contribution in [0.4, 0.5) is 18.9 Å². The summed E-state index contributed by atoms with van der Waals surface area (Å²) in [5.74, 6) is -0.973. The van der Waals surface area contributed by atoms with Gasteiger partial charge in [-0.2, -0.15) is 13.2 Å². The second-order valence-corrected chi connectivity index (χ2v) is 6.82. The first-order valence-corrected chi connectivity index (χ1v) is 8.64. The van der Waals surface area contributed by atoms with E-state index in [0.29, 0.717) is 18.3 Å². The molecule has 26 heavy (non-hydrogen) atoms. The predicted molar refractivity (Wildman–Crippen MR) is 93.4 cm³/mol. The average molecular weight is 410 g/mol. The molecule has 1 fully saturated rings. The highest BCUT2D eigenvalue weighted by molar-refractivity contribution is 8.15. The normalized spacial score (nSPS) is 18.9. The van der Waals surface area contributed by atoms with Gasteiger partial charge in [-0.05, 0) is 18.2 Å². The van der Waals surface area contributed by atoms with Crippen molar-refractivity contribution >= 4 is 46.0 Å². The lowest BCUT2D eigenvalue weighted by Gasteiger charge is -2.12. The number of hydrogen-bond acceptors (Lipinski definition) is 5. The second-order valence-electron chi connectivity index (χ2n) is 5.22. The molecule has 6 nitrogen and oxygen atoms in total. The molecule has 0 aliphatic carbocycles. The molecule has 11 heteroatoms. The van der Waals surface area contributed by atoms with E-state index in [1.54, 1.807) is 0 Å². The molecular formula is C15H15ClF3N3O3S. The van der Waals surface area contributed by atoms with E-state index in [9.17, 15) is 22.8 Å². The van der Waals surface area contributed by atoms with Crippen LogP contribution in [-0.2, 0) is 20.5 Å². The van der Waals surface area contributed by atoms with Gasteiger partial charge in [0.05, 0.1) is 23.7 Å². The number of methoxy groups -OCH3 is 1. The second kappa shape index (κ2) is 8.74. The van der Waals surface area contributed by atoms with Gasteiger partial charge in [0.1, 0.15) is 5.25 Å². The minimum absolute atomic E-state index is 0.0517. The van der Waals surface area contributed by atoms with Crippen LogP contribution in [0.25, 0.3) is 0 Å². The van der Waals surface area contributed by atoms with Crippen molar-refractivity contribution < 1.29 is 27.5 Å². The van der Waals surface area contributed by atoms with Crippen LogP contribution in [0.5, 0.6) is 0 Å². The van der Waals surface area contributed by atoms with E-state index in [2.05, 4.69) is 15.6 Å². The molecule has 0 spiro atoms. The largest absolute Gasteiger partial charge is 0.417 e. The number of halogens is 4. The molecule has 0 unspecified atom stereocenters. The van der Waals surface area contributed by atoms with E-state index >= 15 is 0 Å². The van der Waals surface area contributed by atoms with Crippen molar-refractivity contribution in [3.8, 4) is 0 Å². The summed E-state index contributed by atoms with van der Waals surface area (Å²) < 4.78 is 43.4. The van der Waals surface area contributed by atoms with Gasteiger partial charge in [0, 0.05) is 19.2 Å². The van der Waals surface area contributed by atoms with E-state index in [-0.39, 0.29) is 18.0 Å². The molecule has 1 saturated heterocycles. The number of amides is 2. The Morgan fingerprint density at radius 2 is 2.19 bits per heavy atom. The quantitative estimate of drug-likeness (QED) is 0.708. The molecule has 0 bridgehead atoms. The van der Waals surface area contributed by atoms with Crippen LogP contribution in [0.2, 0.25) is 5.02 Å². The number of benzene rings is 1. The first kappa shape index (κ1) is 20.5. The summed E-state index contributed by atoms with van der Waals surface area (Å²) in [6.45, 7) is 0.756. The van der Waals surface area contributed by atoms with Gasteiger partial charge < -0.3 is 15.4 Å². The molecule has 0 saturated carbocycles. The standard InChI is InChI=1S/C15H15ClF3N3O3S/c1-25-5-4-20-14-22-13(24)11(26-14)7-12(23)21-8-2-3-10(16)9(6-8)15(17,18)19/h2-3,6,11H,4-5,7H2,1H3,(H,21,23)(H,20,22,24)/t11-/m1/s1. The molecule has 1 aromatic carbocycles. The Labute approximate surface area is 156 Å². The highest BCUT2D eigenvalue weighted by Gasteiger charge is 2.34. The fourth-order valence-electron chi connectivity index (χ4n) is 2.05. The van der Waals surface area contributed by atoms with Gasteiger partial charge in [-0.15, -0.1) is 0 Å². The zero-order chi connectivity index (χ0) is 19.3. The molecule has 0 radical (unpaired) electrons. The Hall–Kier alpha value is -1.78. The van der Waals surface area contributed by atoms with Crippen LogP contribution < -0.4 is 10.6 Å². The number of alkyl halides is 3. The third-order valence-electron chi connectivity index (χ3n) is 3.25. The summed E-state index contributed by atoms with van der Waals surface area (Å²) in [5, 5.41) is 4.11. The van der Waals surface area contributed by atoms with Gasteiger partial charge in [0.25, 0.3) is 0 Å². The third kappa shape index (κ3) is 5.61. The molecule has 1 aliphatic heterocycles. The lowest BCUT2D eigenvalue weighted by molar-refractivity contribution is -0.137. The SMILES string of the molecule is COCCN=C1NC(=O)[C@@H](CC(=O)Nc2ccc(Cl)c(C(F)(F)F)c2)S1. The van der Waals surface area contributed by atoms with Crippen LogP contribution in [0.3, 0.4) is 0 Å². The molecule has 2 rings (SSSR count). The van der Waals surface area contributed by atoms with Crippen molar-refractivity contribution in [3.05, 3.63) is 28.8 Å². The Morgan fingerprint density at radius 1 is 1.46 bits per heavy atom.